The van der Waals surface area contributed by atoms with Crippen LogP contribution in [0.25, 0.3) is 10.9 Å². The molecule has 0 spiro atoms. The monoisotopic (exact) mass is 316 g/mol. The molecule has 1 unspecified atom stereocenters. The first kappa shape index (κ1) is 16.7. The summed E-state index contributed by atoms with van der Waals surface area (Å²) in [6.07, 6.45) is 0.482. The number of benzene rings is 1. The van der Waals surface area contributed by atoms with Crippen LogP contribution in [-0.4, -0.2) is 21.4 Å². The second kappa shape index (κ2) is 6.60. The number of nitrogen functional groups attached to an aromatic ring is 1. The number of anilines is 1. The molecular weight excluding hydrogens is 296 g/mol. The number of aryl methyl sites for hydroxylation is 1. The van der Waals surface area contributed by atoms with E-state index in [9.17, 15) is 14.4 Å². The van der Waals surface area contributed by atoms with E-state index in [1.165, 1.54) is 4.57 Å². The molecule has 0 saturated carbocycles. The third-order valence-corrected chi connectivity index (χ3v) is 3.66. The second-order valence-electron chi connectivity index (χ2n) is 5.04. The fraction of sp³-hybridized carbons (Fsp3) is 0.375. The first-order chi connectivity index (χ1) is 11.0. The van der Waals surface area contributed by atoms with Gasteiger partial charge in [0.05, 0.1) is 10.9 Å². The highest BCUT2D eigenvalue weighted by atomic mass is 16.2. The van der Waals surface area contributed by atoms with Crippen molar-refractivity contribution < 1.29 is 9.59 Å². The van der Waals surface area contributed by atoms with Crippen LogP contribution in [0.2, 0.25) is 0 Å². The lowest BCUT2D eigenvalue weighted by molar-refractivity contribution is -0.135. The summed E-state index contributed by atoms with van der Waals surface area (Å²) in [4.78, 5) is 40.2. The van der Waals surface area contributed by atoms with Crippen LogP contribution in [0.1, 0.15) is 38.6 Å². The number of rotatable bonds is 1. The van der Waals surface area contributed by atoms with Gasteiger partial charge in [0.2, 0.25) is 11.8 Å². The van der Waals surface area contributed by atoms with Crippen molar-refractivity contribution in [2.24, 2.45) is 0 Å². The SMILES string of the molecule is CC.Cc1nc2cccc(N)c2c(=O)n1C1CCC(=O)NC1=O. The highest BCUT2D eigenvalue weighted by Crippen LogP contribution is 2.21. The lowest BCUT2D eigenvalue weighted by Crippen LogP contribution is -2.45. The Morgan fingerprint density at radius 2 is 1.96 bits per heavy atom. The van der Waals surface area contributed by atoms with E-state index in [1.54, 1.807) is 25.1 Å². The number of aromatic nitrogens is 2. The summed E-state index contributed by atoms with van der Waals surface area (Å²) >= 11 is 0. The van der Waals surface area contributed by atoms with Crippen molar-refractivity contribution in [2.45, 2.75) is 39.7 Å². The van der Waals surface area contributed by atoms with E-state index in [1.807, 2.05) is 13.8 Å². The predicted molar refractivity (Wildman–Crippen MR) is 87.9 cm³/mol. The molecule has 1 atom stereocenters. The maximum absolute atomic E-state index is 12.7. The van der Waals surface area contributed by atoms with Gasteiger partial charge in [0, 0.05) is 12.1 Å². The number of nitrogens with zero attached hydrogens (tertiary/aromatic N) is 2. The Morgan fingerprint density at radius 3 is 2.61 bits per heavy atom. The number of carbonyl (C=O) groups excluding carboxylic acids is 2. The smallest absolute Gasteiger partial charge is 0.264 e. The molecule has 0 bridgehead atoms. The molecule has 2 heterocycles. The number of hydrogen-bond acceptors (Lipinski definition) is 5. The van der Waals surface area contributed by atoms with Gasteiger partial charge in [-0.1, -0.05) is 19.9 Å². The molecule has 122 valence electrons. The van der Waals surface area contributed by atoms with Crippen LogP contribution in [0.3, 0.4) is 0 Å². The summed E-state index contributed by atoms with van der Waals surface area (Å²) in [6.45, 7) is 5.66. The van der Waals surface area contributed by atoms with Gasteiger partial charge >= 0.3 is 0 Å². The van der Waals surface area contributed by atoms with Crippen molar-refractivity contribution in [1.82, 2.24) is 14.9 Å². The number of carbonyl (C=O) groups is 2. The van der Waals surface area contributed by atoms with Gasteiger partial charge in [-0.2, -0.15) is 0 Å². The molecule has 0 aliphatic carbocycles. The van der Waals surface area contributed by atoms with Crippen LogP contribution in [0, 0.1) is 6.92 Å². The van der Waals surface area contributed by atoms with E-state index in [0.717, 1.165) is 0 Å². The number of fused-ring (bicyclic) bond motifs is 1. The molecule has 3 rings (SSSR count). The van der Waals surface area contributed by atoms with Crippen LogP contribution in [0.5, 0.6) is 0 Å². The van der Waals surface area contributed by atoms with E-state index >= 15 is 0 Å². The average Bonchev–Trinajstić information content (AvgIpc) is 2.51. The largest absolute Gasteiger partial charge is 0.398 e. The van der Waals surface area contributed by atoms with Crippen LogP contribution in [0.4, 0.5) is 5.69 Å². The van der Waals surface area contributed by atoms with Gasteiger partial charge in [0.1, 0.15) is 11.9 Å². The zero-order chi connectivity index (χ0) is 17.1. The summed E-state index contributed by atoms with van der Waals surface area (Å²) in [5.74, 6) is -0.380. The summed E-state index contributed by atoms with van der Waals surface area (Å²) in [6, 6.07) is 4.32. The quantitative estimate of drug-likeness (QED) is 0.609. The number of piperidine rings is 1. The maximum Gasteiger partial charge on any atom is 0.264 e. The lowest BCUT2D eigenvalue weighted by atomic mass is 10.1. The van der Waals surface area contributed by atoms with Crippen molar-refractivity contribution in [3.63, 3.8) is 0 Å². The van der Waals surface area contributed by atoms with Gasteiger partial charge in [-0.05, 0) is 25.5 Å². The number of nitrogens with two attached hydrogens (primary N) is 1. The Morgan fingerprint density at radius 1 is 1.26 bits per heavy atom. The van der Waals surface area contributed by atoms with Gasteiger partial charge < -0.3 is 5.73 Å². The Bertz CT molecular complexity index is 826. The van der Waals surface area contributed by atoms with Gasteiger partial charge in [0.25, 0.3) is 5.56 Å². The molecule has 23 heavy (non-hydrogen) atoms. The second-order valence-corrected chi connectivity index (χ2v) is 5.04. The van der Waals surface area contributed by atoms with Crippen molar-refractivity contribution in [3.8, 4) is 0 Å². The molecule has 1 aliphatic heterocycles. The number of hydrogen-bond donors (Lipinski definition) is 2. The molecule has 1 aromatic heterocycles. The average molecular weight is 316 g/mol. The third-order valence-electron chi connectivity index (χ3n) is 3.66. The molecule has 1 saturated heterocycles. The summed E-state index contributed by atoms with van der Waals surface area (Å²) < 4.78 is 1.32. The van der Waals surface area contributed by atoms with Gasteiger partial charge in [-0.3, -0.25) is 24.3 Å². The minimum absolute atomic E-state index is 0.199. The van der Waals surface area contributed by atoms with Gasteiger partial charge in [0.15, 0.2) is 0 Å². The fourth-order valence-corrected chi connectivity index (χ4v) is 2.67. The van der Waals surface area contributed by atoms with Crippen molar-refractivity contribution in [2.75, 3.05) is 5.73 Å². The van der Waals surface area contributed by atoms with Gasteiger partial charge in [-0.25, -0.2) is 4.98 Å². The summed E-state index contributed by atoms with van der Waals surface area (Å²) in [5, 5.41) is 2.55. The Labute approximate surface area is 133 Å². The highest BCUT2D eigenvalue weighted by molar-refractivity contribution is 5.99. The molecule has 7 nitrogen and oxygen atoms in total. The highest BCUT2D eigenvalue weighted by Gasteiger charge is 2.30. The normalized spacial score (nSPS) is 17.4. The van der Waals surface area contributed by atoms with Crippen LogP contribution in [-0.2, 0) is 9.59 Å². The van der Waals surface area contributed by atoms with Gasteiger partial charge in [-0.15, -0.1) is 0 Å². The summed E-state index contributed by atoms with van der Waals surface area (Å²) in [7, 11) is 0. The first-order valence-electron chi connectivity index (χ1n) is 7.60. The van der Waals surface area contributed by atoms with Crippen LogP contribution >= 0.6 is 0 Å². The topological polar surface area (TPSA) is 107 Å². The summed E-state index contributed by atoms with van der Waals surface area (Å²) in [5.41, 5.74) is 6.32. The van der Waals surface area contributed by atoms with Crippen LogP contribution in [0.15, 0.2) is 23.0 Å². The number of imide groups is 1. The van der Waals surface area contributed by atoms with E-state index in [2.05, 4.69) is 10.3 Å². The maximum atomic E-state index is 12.7. The minimum atomic E-state index is -0.730. The molecule has 2 amide bonds. The molecule has 1 aliphatic rings. The van der Waals surface area contributed by atoms with E-state index in [4.69, 9.17) is 5.73 Å². The molecule has 1 aromatic carbocycles. The molecule has 1 fully saturated rings. The third kappa shape index (κ3) is 2.94. The Hall–Kier alpha value is -2.70. The van der Waals surface area contributed by atoms with Crippen LogP contribution < -0.4 is 16.6 Å². The van der Waals surface area contributed by atoms with Crippen molar-refractivity contribution >= 4 is 28.4 Å². The Kier molecular flexibility index (Phi) is 4.78. The molecule has 2 aromatic rings. The molecule has 7 heteroatoms. The van der Waals surface area contributed by atoms with Crippen molar-refractivity contribution in [3.05, 3.63) is 34.4 Å². The molecule has 3 N–H and O–H groups in total. The fourth-order valence-electron chi connectivity index (χ4n) is 2.67. The van der Waals surface area contributed by atoms with E-state index in [-0.39, 0.29) is 24.3 Å². The lowest BCUT2D eigenvalue weighted by Gasteiger charge is -2.24. The van der Waals surface area contributed by atoms with E-state index < -0.39 is 11.9 Å². The first-order valence-corrected chi connectivity index (χ1v) is 7.60. The number of amides is 2. The minimum Gasteiger partial charge on any atom is -0.398 e. The zero-order valence-corrected chi connectivity index (χ0v) is 13.4. The van der Waals surface area contributed by atoms with E-state index in [0.29, 0.717) is 22.4 Å². The number of nitrogens with one attached hydrogen (secondary N) is 1. The zero-order valence-electron chi connectivity index (χ0n) is 13.4. The standard InChI is InChI=1S/C14H14N4O3.C2H6/c1-7-16-9-4-2-3-8(15)12(9)14(21)18(7)10-5-6-11(19)17-13(10)20;1-2/h2-4,10H,5-6,15H2,1H3,(H,17,19,20);1-2H3. The Balaban J connectivity index is 0.000000924. The van der Waals surface area contributed by atoms with Crippen molar-refractivity contribution in [1.29, 1.82) is 0 Å². The molecular formula is C16H20N4O3. The molecule has 0 radical (unpaired) electrons. The predicted octanol–water partition coefficient (Wildman–Crippen LogP) is 1.29.